The van der Waals surface area contributed by atoms with Crippen LogP contribution in [-0.4, -0.2) is 22.2 Å². The number of benzene rings is 2. The standard InChI is InChI=1S/C14H2F4I4O5/c15-3-1(13(24)25)4(16)6(18)12(5(3)17)27-14(26)2-7(19)9(21)11(23)10(22)8(2)20/h23H,(H,24,25). The molecule has 2 aromatic carbocycles. The number of ether oxygens (including phenoxy) is 1. The summed E-state index contributed by atoms with van der Waals surface area (Å²) in [5, 5.41) is 18.6. The fraction of sp³-hybridized carbons (Fsp3) is 0. The molecule has 2 N–H and O–H groups in total. The van der Waals surface area contributed by atoms with Crippen LogP contribution in [0, 0.1) is 37.5 Å². The van der Waals surface area contributed by atoms with Crippen molar-refractivity contribution < 1.29 is 42.1 Å². The first-order chi connectivity index (χ1) is 12.4. The molecule has 2 rings (SSSR count). The van der Waals surface area contributed by atoms with Crippen LogP contribution in [0.15, 0.2) is 0 Å². The van der Waals surface area contributed by atoms with Gasteiger partial charge in [0.15, 0.2) is 11.6 Å². The highest BCUT2D eigenvalue weighted by Crippen LogP contribution is 2.38. The van der Waals surface area contributed by atoms with Crippen molar-refractivity contribution in [1.82, 2.24) is 0 Å². The van der Waals surface area contributed by atoms with E-state index < -0.39 is 46.5 Å². The topological polar surface area (TPSA) is 83.8 Å². The van der Waals surface area contributed by atoms with Crippen LogP contribution in [-0.2, 0) is 0 Å². The average Bonchev–Trinajstić information content (AvgIpc) is 2.60. The summed E-state index contributed by atoms with van der Waals surface area (Å²) in [7, 11) is 0. The number of carboxylic acids is 1. The van der Waals surface area contributed by atoms with Gasteiger partial charge < -0.3 is 14.9 Å². The van der Waals surface area contributed by atoms with Crippen molar-refractivity contribution in [2.75, 3.05) is 0 Å². The second-order valence-corrected chi connectivity index (χ2v) is 8.95. The Morgan fingerprint density at radius 1 is 0.741 bits per heavy atom. The molecule has 0 saturated heterocycles. The van der Waals surface area contributed by atoms with E-state index in [0.29, 0.717) is 0 Å². The number of carboxylic acid groups (broad SMARTS) is 1. The Hall–Kier alpha value is -0.180. The van der Waals surface area contributed by atoms with Gasteiger partial charge in [0.05, 0.1) is 12.7 Å². The lowest BCUT2D eigenvalue weighted by atomic mass is 10.1. The zero-order chi connectivity index (χ0) is 20.8. The summed E-state index contributed by atoms with van der Waals surface area (Å²) in [6.45, 7) is 0. The fourth-order valence-electron chi connectivity index (χ4n) is 1.83. The molecule has 144 valence electrons. The third-order valence-electron chi connectivity index (χ3n) is 3.08. The minimum Gasteiger partial charge on any atom is -0.506 e. The van der Waals surface area contributed by atoms with E-state index in [9.17, 15) is 32.3 Å². The number of hydrogen-bond acceptors (Lipinski definition) is 4. The van der Waals surface area contributed by atoms with Gasteiger partial charge in [-0.1, -0.05) is 0 Å². The van der Waals surface area contributed by atoms with Gasteiger partial charge >= 0.3 is 11.9 Å². The third kappa shape index (κ3) is 4.09. The largest absolute Gasteiger partial charge is 0.506 e. The number of carbonyl (C=O) groups is 2. The molecule has 0 aliphatic rings. The Kier molecular flexibility index (Phi) is 7.42. The van der Waals surface area contributed by atoms with Gasteiger partial charge in [0.25, 0.3) is 0 Å². The Morgan fingerprint density at radius 2 is 1.15 bits per heavy atom. The molecule has 0 heterocycles. The van der Waals surface area contributed by atoms with E-state index in [4.69, 9.17) is 5.11 Å². The Bertz CT molecular complexity index is 954. The minimum atomic E-state index is -2.23. The quantitative estimate of drug-likeness (QED) is 0.145. The SMILES string of the molecule is O=C(O)c1c(F)c(F)c(OC(=O)c2c(I)c(I)c(O)c(I)c2I)c(F)c1F. The lowest BCUT2D eigenvalue weighted by Crippen LogP contribution is -2.18. The van der Waals surface area contributed by atoms with Crippen LogP contribution in [0.3, 0.4) is 0 Å². The Labute approximate surface area is 202 Å². The van der Waals surface area contributed by atoms with Crippen molar-refractivity contribution >= 4 is 102 Å². The molecule has 0 bridgehead atoms. The summed E-state index contributed by atoms with van der Waals surface area (Å²) in [5.41, 5.74) is -2.03. The molecule has 13 heteroatoms. The van der Waals surface area contributed by atoms with Gasteiger partial charge in [-0.3, -0.25) is 0 Å². The number of rotatable bonds is 3. The molecule has 0 saturated carbocycles. The van der Waals surface area contributed by atoms with E-state index in [2.05, 4.69) is 4.74 Å². The first-order valence-corrected chi connectivity index (χ1v) is 10.6. The number of aromatic hydroxyl groups is 1. The molecular weight excluding hydrogens is 832 g/mol. The summed E-state index contributed by atoms with van der Waals surface area (Å²) in [6.07, 6.45) is 0. The molecule has 2 aromatic rings. The third-order valence-corrected chi connectivity index (χ3v) is 9.40. The van der Waals surface area contributed by atoms with Crippen LogP contribution in [0.2, 0.25) is 0 Å². The Morgan fingerprint density at radius 3 is 1.52 bits per heavy atom. The van der Waals surface area contributed by atoms with E-state index in [-0.39, 0.29) is 25.6 Å². The van der Waals surface area contributed by atoms with Gasteiger partial charge in [-0.2, -0.15) is 8.78 Å². The highest BCUT2D eigenvalue weighted by molar-refractivity contribution is 14.1. The van der Waals surface area contributed by atoms with Crippen LogP contribution in [0.25, 0.3) is 0 Å². The predicted octanol–water partition coefficient (Wildman–Crippen LogP) is 5.28. The van der Waals surface area contributed by atoms with Crippen LogP contribution >= 0.6 is 90.4 Å². The normalized spacial score (nSPS) is 10.8. The number of halogens is 8. The monoisotopic (exact) mass is 834 g/mol. The van der Waals surface area contributed by atoms with Gasteiger partial charge in [0, 0.05) is 7.14 Å². The molecule has 0 spiro atoms. The van der Waals surface area contributed by atoms with Crippen molar-refractivity contribution in [3.63, 3.8) is 0 Å². The van der Waals surface area contributed by atoms with Crippen molar-refractivity contribution in [2.45, 2.75) is 0 Å². The molecule has 0 aliphatic heterocycles. The second kappa shape index (κ2) is 8.67. The molecule has 0 atom stereocenters. The first kappa shape index (κ1) is 23.1. The van der Waals surface area contributed by atoms with E-state index in [1.807, 2.05) is 0 Å². The van der Waals surface area contributed by atoms with Crippen LogP contribution < -0.4 is 4.74 Å². The number of aromatic carboxylic acids is 1. The Balaban J connectivity index is 2.64. The number of hydrogen-bond donors (Lipinski definition) is 2. The number of esters is 1. The van der Waals surface area contributed by atoms with Gasteiger partial charge in [-0.05, 0) is 90.4 Å². The number of phenols is 1. The maximum Gasteiger partial charge on any atom is 0.345 e. The van der Waals surface area contributed by atoms with Gasteiger partial charge in [0.2, 0.25) is 17.4 Å². The maximum absolute atomic E-state index is 14.0. The summed E-state index contributed by atoms with van der Waals surface area (Å²) >= 11 is 6.83. The summed E-state index contributed by atoms with van der Waals surface area (Å²) in [5.74, 6) is -14.1. The average molecular weight is 834 g/mol. The molecule has 0 unspecified atom stereocenters. The van der Waals surface area contributed by atoms with Gasteiger partial charge in [-0.15, -0.1) is 0 Å². The number of phenolic OH excluding ortho intramolecular Hbond substituents is 1. The molecular formula is C14H2F4I4O5. The predicted molar refractivity (Wildman–Crippen MR) is 117 cm³/mol. The van der Waals surface area contributed by atoms with E-state index in [1.165, 1.54) is 0 Å². The van der Waals surface area contributed by atoms with Crippen molar-refractivity contribution in [2.24, 2.45) is 0 Å². The van der Waals surface area contributed by atoms with E-state index in [0.717, 1.165) is 0 Å². The zero-order valence-corrected chi connectivity index (χ0v) is 20.8. The molecule has 0 aromatic heterocycles. The van der Waals surface area contributed by atoms with E-state index in [1.54, 1.807) is 90.4 Å². The summed E-state index contributed by atoms with van der Waals surface area (Å²) in [4.78, 5) is 23.2. The highest BCUT2D eigenvalue weighted by Gasteiger charge is 2.33. The molecule has 0 radical (unpaired) electrons. The first-order valence-electron chi connectivity index (χ1n) is 6.28. The van der Waals surface area contributed by atoms with Crippen molar-refractivity contribution in [1.29, 1.82) is 0 Å². The summed E-state index contributed by atoms with van der Waals surface area (Å²) < 4.78 is 60.9. The van der Waals surface area contributed by atoms with E-state index >= 15 is 0 Å². The van der Waals surface area contributed by atoms with Gasteiger partial charge in [0.1, 0.15) is 11.3 Å². The van der Waals surface area contributed by atoms with Crippen LogP contribution in [0.1, 0.15) is 20.7 Å². The van der Waals surface area contributed by atoms with Gasteiger partial charge in [-0.25, -0.2) is 18.4 Å². The summed E-state index contributed by atoms with van der Waals surface area (Å²) in [6, 6.07) is 0. The van der Waals surface area contributed by atoms with Crippen molar-refractivity contribution in [3.8, 4) is 11.5 Å². The molecule has 0 aliphatic carbocycles. The van der Waals surface area contributed by atoms with Crippen LogP contribution in [0.5, 0.6) is 11.5 Å². The minimum absolute atomic E-state index is 0.123. The highest BCUT2D eigenvalue weighted by atomic mass is 127. The number of carbonyl (C=O) groups excluding carboxylic acids is 1. The zero-order valence-electron chi connectivity index (χ0n) is 12.1. The molecule has 0 fully saturated rings. The molecule has 27 heavy (non-hydrogen) atoms. The lowest BCUT2D eigenvalue weighted by Gasteiger charge is -2.14. The van der Waals surface area contributed by atoms with Crippen molar-refractivity contribution in [3.05, 3.63) is 48.7 Å². The van der Waals surface area contributed by atoms with Crippen LogP contribution in [0.4, 0.5) is 17.6 Å². The maximum atomic E-state index is 14.0. The fourth-order valence-corrected chi connectivity index (χ4v) is 5.43. The molecule has 5 nitrogen and oxygen atoms in total. The molecule has 0 amide bonds. The second-order valence-electron chi connectivity index (χ2n) is 4.63. The smallest absolute Gasteiger partial charge is 0.345 e. The lowest BCUT2D eigenvalue weighted by molar-refractivity contribution is 0.0682.